The van der Waals surface area contributed by atoms with Gasteiger partial charge < -0.3 is 10.2 Å². The van der Waals surface area contributed by atoms with Crippen LogP contribution in [-0.4, -0.2) is 24.7 Å². The van der Waals surface area contributed by atoms with E-state index in [-0.39, 0.29) is 12.4 Å². The summed E-state index contributed by atoms with van der Waals surface area (Å²) < 4.78 is 0.916. The molecule has 6 heteroatoms. The second-order valence-corrected chi connectivity index (χ2v) is 2.42. The van der Waals surface area contributed by atoms with E-state index < -0.39 is 12.4 Å². The first kappa shape index (κ1) is 9.82. The van der Waals surface area contributed by atoms with Gasteiger partial charge in [0.2, 0.25) is 0 Å². The van der Waals surface area contributed by atoms with Crippen molar-refractivity contribution < 1.29 is 10.2 Å². The van der Waals surface area contributed by atoms with Crippen LogP contribution in [0.2, 0.25) is 0 Å². The topological polar surface area (TPSA) is 88.2 Å². The largest absolute Gasteiger partial charge is 0.388 e. The van der Waals surface area contributed by atoms with Crippen molar-refractivity contribution in [2.75, 3.05) is 0 Å². The van der Waals surface area contributed by atoms with Crippen molar-refractivity contribution in [3.05, 3.63) is 22.1 Å². The first-order valence-electron chi connectivity index (χ1n) is 3.91. The summed E-state index contributed by atoms with van der Waals surface area (Å²) in [4.78, 5) is 18.6. The van der Waals surface area contributed by atoms with E-state index in [0.29, 0.717) is 12.2 Å². The number of aliphatic hydroxyl groups is 2. The van der Waals surface area contributed by atoms with Crippen molar-refractivity contribution in [2.45, 2.75) is 26.7 Å². The average Bonchev–Trinajstić information content (AvgIpc) is 2.16. The lowest BCUT2D eigenvalue weighted by molar-refractivity contribution is 0.180. The maximum atomic E-state index is 11.2. The lowest BCUT2D eigenvalue weighted by Gasteiger charge is -2.06. The summed E-state index contributed by atoms with van der Waals surface area (Å²) >= 11 is 0. The Morgan fingerprint density at radius 3 is 2.54 bits per heavy atom. The van der Waals surface area contributed by atoms with Gasteiger partial charge in [0.25, 0.3) is 0 Å². The minimum absolute atomic E-state index is 0.138. The predicted molar refractivity (Wildman–Crippen MR) is 43.8 cm³/mol. The molecule has 2 N–H and O–H groups in total. The number of rotatable bonds is 3. The number of aromatic nitrogens is 3. The highest BCUT2D eigenvalue weighted by atomic mass is 16.3. The standard InChI is InChI=1S/C7H11N3O3/c1-2-5-8-6(3-11)10(4-12)7(13)9-5/h11-12H,2-4H2,1H3. The van der Waals surface area contributed by atoms with Crippen molar-refractivity contribution in [3.63, 3.8) is 0 Å². The molecule has 72 valence electrons. The number of aliphatic hydroxyl groups excluding tert-OH is 2. The van der Waals surface area contributed by atoms with Crippen LogP contribution >= 0.6 is 0 Å². The van der Waals surface area contributed by atoms with Gasteiger partial charge in [-0.1, -0.05) is 6.92 Å². The van der Waals surface area contributed by atoms with Crippen molar-refractivity contribution >= 4 is 0 Å². The van der Waals surface area contributed by atoms with Crippen LogP contribution < -0.4 is 5.69 Å². The van der Waals surface area contributed by atoms with E-state index >= 15 is 0 Å². The normalized spacial score (nSPS) is 10.4. The molecule has 0 aliphatic rings. The molecule has 0 bridgehead atoms. The number of aryl methyl sites for hydroxylation is 1. The molecule has 6 nitrogen and oxygen atoms in total. The van der Waals surface area contributed by atoms with E-state index in [2.05, 4.69) is 9.97 Å². The second kappa shape index (κ2) is 4.11. The molecule has 0 aromatic carbocycles. The van der Waals surface area contributed by atoms with Crippen LogP contribution in [0.25, 0.3) is 0 Å². The summed E-state index contributed by atoms with van der Waals surface area (Å²) in [5.41, 5.74) is -0.585. The van der Waals surface area contributed by atoms with Crippen LogP contribution in [0.5, 0.6) is 0 Å². The SMILES string of the molecule is CCc1nc(CO)n(CO)c(=O)n1. The van der Waals surface area contributed by atoms with E-state index in [1.807, 2.05) is 0 Å². The molecule has 1 aromatic heterocycles. The van der Waals surface area contributed by atoms with Gasteiger partial charge in [-0.05, 0) is 0 Å². The maximum absolute atomic E-state index is 11.2. The lowest BCUT2D eigenvalue weighted by Crippen LogP contribution is -2.29. The number of hydrogen-bond acceptors (Lipinski definition) is 5. The molecule has 0 aliphatic carbocycles. The fraction of sp³-hybridized carbons (Fsp3) is 0.571. The molecule has 1 heterocycles. The molecule has 1 rings (SSSR count). The first-order chi connectivity index (χ1) is 6.22. The molecule has 1 aromatic rings. The zero-order chi connectivity index (χ0) is 9.84. The van der Waals surface area contributed by atoms with Crippen LogP contribution in [0, 0.1) is 0 Å². The molecule has 0 spiro atoms. The van der Waals surface area contributed by atoms with Gasteiger partial charge >= 0.3 is 5.69 Å². The van der Waals surface area contributed by atoms with E-state index in [0.717, 1.165) is 4.57 Å². The van der Waals surface area contributed by atoms with Gasteiger partial charge in [0.15, 0.2) is 0 Å². The molecule has 13 heavy (non-hydrogen) atoms. The molecule has 0 radical (unpaired) electrons. The fourth-order valence-corrected chi connectivity index (χ4v) is 0.936. The van der Waals surface area contributed by atoms with Gasteiger partial charge in [0.05, 0.1) is 0 Å². The van der Waals surface area contributed by atoms with E-state index in [4.69, 9.17) is 10.2 Å². The van der Waals surface area contributed by atoms with E-state index in [9.17, 15) is 4.79 Å². The predicted octanol–water partition coefficient (Wildman–Crippen LogP) is -1.36. The third-order valence-electron chi connectivity index (χ3n) is 1.62. The fourth-order valence-electron chi connectivity index (χ4n) is 0.936. The average molecular weight is 185 g/mol. The third-order valence-corrected chi connectivity index (χ3v) is 1.62. The monoisotopic (exact) mass is 185 g/mol. The summed E-state index contributed by atoms with van der Waals surface area (Å²) in [5, 5.41) is 17.6. The van der Waals surface area contributed by atoms with Gasteiger partial charge in [-0.2, -0.15) is 4.98 Å². The Morgan fingerprint density at radius 1 is 1.38 bits per heavy atom. The van der Waals surface area contributed by atoms with Gasteiger partial charge in [-0.15, -0.1) is 0 Å². The molecule has 0 fully saturated rings. The summed E-state index contributed by atoms with van der Waals surface area (Å²) in [6.45, 7) is 0.906. The number of hydrogen-bond donors (Lipinski definition) is 2. The summed E-state index contributed by atoms with van der Waals surface area (Å²) in [7, 11) is 0. The molecule has 0 atom stereocenters. The molecule has 0 aliphatic heterocycles. The Hall–Kier alpha value is -1.27. The Bertz CT molecular complexity index is 347. The molecule has 0 unspecified atom stereocenters. The highest BCUT2D eigenvalue weighted by molar-refractivity contribution is 4.91. The highest BCUT2D eigenvalue weighted by Gasteiger charge is 2.06. The quantitative estimate of drug-likeness (QED) is 0.607. The Labute approximate surface area is 74.5 Å². The third kappa shape index (κ3) is 1.90. The molecular formula is C7H11N3O3. The van der Waals surface area contributed by atoms with E-state index in [1.165, 1.54) is 0 Å². The highest BCUT2D eigenvalue weighted by Crippen LogP contribution is 1.93. The minimum atomic E-state index is -0.585. The van der Waals surface area contributed by atoms with Crippen molar-refractivity contribution in [3.8, 4) is 0 Å². The Kier molecular flexibility index (Phi) is 3.10. The minimum Gasteiger partial charge on any atom is -0.388 e. The molecule has 0 saturated heterocycles. The van der Waals surface area contributed by atoms with Crippen molar-refractivity contribution in [1.82, 2.24) is 14.5 Å². The maximum Gasteiger partial charge on any atom is 0.352 e. The second-order valence-electron chi connectivity index (χ2n) is 2.42. The van der Waals surface area contributed by atoms with Gasteiger partial charge in [-0.25, -0.2) is 9.78 Å². The Balaban J connectivity index is 3.29. The van der Waals surface area contributed by atoms with Gasteiger partial charge in [0, 0.05) is 6.42 Å². The molecule has 0 saturated carbocycles. The summed E-state index contributed by atoms with van der Waals surface area (Å²) in [6, 6.07) is 0. The van der Waals surface area contributed by atoms with Crippen LogP contribution in [0.4, 0.5) is 0 Å². The summed E-state index contributed by atoms with van der Waals surface area (Å²) in [5.74, 6) is 0.512. The zero-order valence-electron chi connectivity index (χ0n) is 7.27. The van der Waals surface area contributed by atoms with Crippen LogP contribution in [0.1, 0.15) is 18.6 Å². The van der Waals surface area contributed by atoms with Gasteiger partial charge in [0.1, 0.15) is 25.0 Å². The van der Waals surface area contributed by atoms with Crippen molar-refractivity contribution in [1.29, 1.82) is 0 Å². The lowest BCUT2D eigenvalue weighted by atomic mass is 10.4. The summed E-state index contributed by atoms with van der Waals surface area (Å²) in [6.07, 6.45) is 0.522. The van der Waals surface area contributed by atoms with Crippen molar-refractivity contribution in [2.24, 2.45) is 0 Å². The van der Waals surface area contributed by atoms with E-state index in [1.54, 1.807) is 6.92 Å². The number of nitrogens with zero attached hydrogens (tertiary/aromatic N) is 3. The van der Waals surface area contributed by atoms with Gasteiger partial charge in [-0.3, -0.25) is 4.57 Å². The molecule has 0 amide bonds. The van der Waals surface area contributed by atoms with Crippen LogP contribution in [0.3, 0.4) is 0 Å². The Morgan fingerprint density at radius 2 is 2.08 bits per heavy atom. The van der Waals surface area contributed by atoms with Crippen LogP contribution in [-0.2, 0) is 19.8 Å². The molecular weight excluding hydrogens is 174 g/mol. The van der Waals surface area contributed by atoms with Crippen LogP contribution in [0.15, 0.2) is 4.79 Å². The zero-order valence-corrected chi connectivity index (χ0v) is 7.27. The first-order valence-corrected chi connectivity index (χ1v) is 3.91. The smallest absolute Gasteiger partial charge is 0.352 e.